The van der Waals surface area contributed by atoms with Gasteiger partial charge in [0.05, 0.1) is 22.9 Å². The largest absolute Gasteiger partial charge is 0.336 e. The predicted molar refractivity (Wildman–Crippen MR) is 247 cm³/mol. The van der Waals surface area contributed by atoms with E-state index in [2.05, 4.69) is 167 Å². The lowest BCUT2D eigenvalue weighted by Gasteiger charge is -2.54. The highest BCUT2D eigenvalue weighted by Gasteiger charge is 2.63. The molecule has 6 aromatic carbocycles. The molecule has 294 valence electrons. The Kier molecular flexibility index (Phi) is 8.71. The molecule has 3 heterocycles. The summed E-state index contributed by atoms with van der Waals surface area (Å²) < 4.78 is 4.85. The van der Waals surface area contributed by atoms with E-state index in [9.17, 15) is 9.59 Å². The molecule has 3 aliphatic rings. The smallest absolute Gasteiger partial charge is 0.233 e. The van der Waals surface area contributed by atoms with Crippen LogP contribution in [0.15, 0.2) is 157 Å². The second-order valence-electron chi connectivity index (χ2n) is 16.8. The molecule has 11 rings (SSSR count). The van der Waals surface area contributed by atoms with E-state index in [0.29, 0.717) is 0 Å². The fourth-order valence-corrected chi connectivity index (χ4v) is 11.0. The van der Waals surface area contributed by atoms with Gasteiger partial charge in [0.2, 0.25) is 11.8 Å². The van der Waals surface area contributed by atoms with Gasteiger partial charge in [-0.05, 0) is 83.1 Å². The molecule has 1 saturated heterocycles. The van der Waals surface area contributed by atoms with E-state index in [0.717, 1.165) is 36.6 Å². The standard InChI is InChI=1S/C53H44N4O2S/c1-54-51(58)49-47-37(27-29-41-39-21-9-17-35-19-11-23-43(45(35)39)56(41)31-33-13-5-3-6-14-33)25-26-38(48(47)50(49)52(59)55(2)53(54)60)28-30-42-40-22-10-18-36-20-12-24-44(46(36)40)57(42)32-34-15-7-4-8-16-34/h3-24,27-30,47-50H,25-26,31-32H2,1-2H3/b37-27-,38-28-,41-29-,42-30-. The third kappa shape index (κ3) is 5.63. The van der Waals surface area contributed by atoms with Gasteiger partial charge in [-0.2, -0.15) is 0 Å². The Morgan fingerprint density at radius 1 is 0.500 bits per heavy atom. The molecule has 4 atom stereocenters. The molecule has 0 N–H and O–H groups in total. The summed E-state index contributed by atoms with van der Waals surface area (Å²) in [6.07, 6.45) is 10.7. The summed E-state index contributed by atoms with van der Waals surface area (Å²) in [5, 5.41) is 9.94. The number of hydrogen-bond acceptors (Lipinski definition) is 3. The number of amides is 2. The second kappa shape index (κ2) is 14.3. The first kappa shape index (κ1) is 36.5. The van der Waals surface area contributed by atoms with Crippen molar-refractivity contribution in [2.45, 2.75) is 25.9 Å². The van der Waals surface area contributed by atoms with Crippen molar-refractivity contribution in [3.05, 3.63) is 179 Å². The van der Waals surface area contributed by atoms with Crippen LogP contribution in [0.2, 0.25) is 0 Å². The van der Waals surface area contributed by atoms with Gasteiger partial charge in [-0.1, -0.05) is 145 Å². The Labute approximate surface area is 354 Å². The lowest BCUT2D eigenvalue weighted by Crippen LogP contribution is -2.58. The summed E-state index contributed by atoms with van der Waals surface area (Å²) in [6, 6.07) is 47.4. The molecule has 6 nitrogen and oxygen atoms in total. The molecular weight excluding hydrogens is 757 g/mol. The zero-order valence-corrected chi connectivity index (χ0v) is 34.5. The van der Waals surface area contributed by atoms with Crippen molar-refractivity contribution in [1.82, 2.24) is 18.9 Å². The number of nitrogens with zero attached hydrogens (tertiary/aromatic N) is 4. The van der Waals surface area contributed by atoms with Gasteiger partial charge >= 0.3 is 0 Å². The third-order valence-electron chi connectivity index (χ3n) is 13.7. The van der Waals surface area contributed by atoms with Crippen molar-refractivity contribution < 1.29 is 9.59 Å². The molecule has 0 bridgehead atoms. The normalized spacial score (nSPS) is 22.8. The number of aromatic nitrogens is 2. The van der Waals surface area contributed by atoms with Crippen LogP contribution in [0.3, 0.4) is 0 Å². The van der Waals surface area contributed by atoms with Gasteiger partial charge in [0, 0.05) is 59.4 Å². The van der Waals surface area contributed by atoms with Crippen LogP contribution in [0.1, 0.15) is 24.0 Å². The van der Waals surface area contributed by atoms with Gasteiger partial charge in [-0.3, -0.25) is 19.4 Å². The van der Waals surface area contributed by atoms with Crippen LogP contribution >= 0.6 is 12.2 Å². The van der Waals surface area contributed by atoms with Crippen molar-refractivity contribution in [1.29, 1.82) is 0 Å². The summed E-state index contributed by atoms with van der Waals surface area (Å²) in [4.78, 5) is 31.8. The third-order valence-corrected chi connectivity index (χ3v) is 14.2. The fourth-order valence-electron chi connectivity index (χ4n) is 10.8. The SMILES string of the molecule is CN1C(=O)C2C(C(=O)N(C)C1=S)C1/C(=C\C=c3\c4cccc5cccc(c54)n3Cc3ccccc3)CC/C(=C/C=c3/c4cccc5cccc(c54)n3Cc3ccccc3)C21. The van der Waals surface area contributed by atoms with Crippen LogP contribution in [0.4, 0.5) is 0 Å². The summed E-state index contributed by atoms with van der Waals surface area (Å²) in [5.74, 6) is -1.36. The van der Waals surface area contributed by atoms with E-state index in [1.165, 1.54) is 75.4 Å². The van der Waals surface area contributed by atoms with E-state index in [-0.39, 0.29) is 28.8 Å². The Balaban J connectivity index is 1.07. The minimum atomic E-state index is -0.486. The zero-order chi connectivity index (χ0) is 40.6. The molecule has 2 aromatic heterocycles. The van der Waals surface area contributed by atoms with Crippen LogP contribution in [0.5, 0.6) is 0 Å². The molecule has 3 fully saturated rings. The minimum absolute atomic E-state index is 0.0715. The first-order chi connectivity index (χ1) is 29.4. The van der Waals surface area contributed by atoms with Crippen LogP contribution in [-0.4, -0.2) is 50.0 Å². The number of fused-ring (bicyclic) bond motifs is 4. The van der Waals surface area contributed by atoms with Crippen LogP contribution in [-0.2, 0) is 22.7 Å². The maximum Gasteiger partial charge on any atom is 0.233 e. The molecule has 7 heteroatoms. The molecule has 1 aliphatic heterocycles. The first-order valence-electron chi connectivity index (χ1n) is 20.9. The van der Waals surface area contributed by atoms with Gasteiger partial charge in [-0.15, -0.1) is 0 Å². The van der Waals surface area contributed by atoms with E-state index < -0.39 is 11.8 Å². The molecule has 4 unspecified atom stereocenters. The number of thiocarbonyl (C=S) groups is 1. The average Bonchev–Trinajstić information content (AvgIpc) is 3.73. The zero-order valence-electron chi connectivity index (χ0n) is 33.7. The van der Waals surface area contributed by atoms with E-state index in [1.807, 2.05) is 0 Å². The van der Waals surface area contributed by atoms with Crippen molar-refractivity contribution in [3.8, 4) is 0 Å². The molecule has 0 spiro atoms. The number of benzene rings is 6. The summed E-state index contributed by atoms with van der Waals surface area (Å²) in [7, 11) is 3.44. The summed E-state index contributed by atoms with van der Waals surface area (Å²) in [6.45, 7) is 1.48. The van der Waals surface area contributed by atoms with E-state index in [1.54, 1.807) is 14.1 Å². The van der Waals surface area contributed by atoms with E-state index in [4.69, 9.17) is 12.2 Å². The monoisotopic (exact) mass is 800 g/mol. The summed E-state index contributed by atoms with van der Waals surface area (Å²) in [5.41, 5.74) is 7.31. The van der Waals surface area contributed by atoms with Gasteiger partial charge in [0.15, 0.2) is 5.11 Å². The van der Waals surface area contributed by atoms with E-state index >= 15 is 0 Å². The maximum absolute atomic E-state index is 14.4. The van der Waals surface area contributed by atoms with Crippen molar-refractivity contribution in [2.75, 3.05) is 14.1 Å². The number of hydrogen-bond donors (Lipinski definition) is 0. The van der Waals surface area contributed by atoms with Crippen molar-refractivity contribution in [2.24, 2.45) is 23.7 Å². The fraction of sp³-hybridized carbons (Fsp3) is 0.189. The lowest BCUT2D eigenvalue weighted by atomic mass is 9.48. The quantitative estimate of drug-likeness (QED) is 0.158. The van der Waals surface area contributed by atoms with Gasteiger partial charge in [-0.25, -0.2) is 0 Å². The minimum Gasteiger partial charge on any atom is -0.336 e. The summed E-state index contributed by atoms with van der Waals surface area (Å²) >= 11 is 5.71. The van der Waals surface area contributed by atoms with Crippen LogP contribution in [0.25, 0.3) is 55.5 Å². The van der Waals surface area contributed by atoms with Crippen molar-refractivity contribution in [3.63, 3.8) is 0 Å². The molecule has 60 heavy (non-hydrogen) atoms. The van der Waals surface area contributed by atoms with Crippen molar-refractivity contribution >= 4 is 84.6 Å². The highest BCUT2D eigenvalue weighted by atomic mass is 32.1. The van der Waals surface area contributed by atoms with Crippen LogP contribution < -0.4 is 10.7 Å². The molecule has 2 aliphatic carbocycles. The molecule has 2 amide bonds. The highest BCUT2D eigenvalue weighted by Crippen LogP contribution is 2.59. The molecular formula is C53H44N4O2S. The lowest BCUT2D eigenvalue weighted by molar-refractivity contribution is -0.153. The van der Waals surface area contributed by atoms with Gasteiger partial charge in [0.1, 0.15) is 0 Å². The molecule has 2 saturated carbocycles. The van der Waals surface area contributed by atoms with Gasteiger partial charge in [0.25, 0.3) is 0 Å². The predicted octanol–water partition coefficient (Wildman–Crippen LogP) is 9.04. The average molecular weight is 801 g/mol. The maximum atomic E-state index is 14.4. The Morgan fingerprint density at radius 2 is 0.900 bits per heavy atom. The Bertz CT molecular complexity index is 3000. The number of carbonyl (C=O) groups is 2. The first-order valence-corrected chi connectivity index (χ1v) is 21.4. The Morgan fingerprint density at radius 3 is 1.32 bits per heavy atom. The second-order valence-corrected chi connectivity index (χ2v) is 17.1. The topological polar surface area (TPSA) is 50.5 Å². The number of allylic oxidation sites excluding steroid dienone is 4. The Hall–Kier alpha value is -6.57. The molecule has 8 aromatic rings. The number of rotatable bonds is 6. The highest BCUT2D eigenvalue weighted by molar-refractivity contribution is 7.80. The van der Waals surface area contributed by atoms with Gasteiger partial charge < -0.3 is 9.13 Å². The van der Waals surface area contributed by atoms with Crippen LogP contribution in [0, 0.1) is 23.7 Å². The molecule has 0 radical (unpaired) electrons. The number of carbonyl (C=O) groups excluding carboxylic acids is 2.